The Bertz CT molecular complexity index is 165. The smallest absolute Gasteiger partial charge is 0.0471 e. The Morgan fingerprint density at radius 2 is 2.36 bits per heavy atom. The highest BCUT2D eigenvalue weighted by Gasteiger charge is 1.98. The summed E-state index contributed by atoms with van der Waals surface area (Å²) in [5.41, 5.74) is 1.24. The monoisotopic (exact) mass is 267 g/mol. The van der Waals surface area contributed by atoms with E-state index in [4.69, 9.17) is 5.11 Å². The number of nitrogens with zero attached hydrogens (tertiary/aromatic N) is 1. The summed E-state index contributed by atoms with van der Waals surface area (Å²) in [4.78, 5) is 2.10. The zero-order valence-corrected chi connectivity index (χ0v) is 8.99. The molecule has 0 saturated heterocycles. The first-order valence-electron chi connectivity index (χ1n) is 3.51. The predicted octanol–water partition coefficient (Wildman–Crippen LogP) is 1.37. The van der Waals surface area contributed by atoms with Gasteiger partial charge >= 0.3 is 0 Å². The van der Waals surface area contributed by atoms with Crippen molar-refractivity contribution in [3.63, 3.8) is 0 Å². The molecule has 64 valence electrons. The molecule has 0 aromatic rings. The highest BCUT2D eigenvalue weighted by molar-refractivity contribution is 14.0. The normalized spacial score (nSPS) is 15.8. The maximum atomic E-state index is 8.60. The maximum Gasteiger partial charge on any atom is 0.0471 e. The lowest BCUT2D eigenvalue weighted by atomic mass is 10.1. The zero-order valence-electron chi connectivity index (χ0n) is 6.66. The van der Waals surface area contributed by atoms with Crippen LogP contribution in [0.2, 0.25) is 0 Å². The average Bonchev–Trinajstić information content (AvgIpc) is 1.95. The highest BCUT2D eigenvalue weighted by atomic mass is 127. The van der Waals surface area contributed by atoms with Crippen molar-refractivity contribution < 1.29 is 5.11 Å². The van der Waals surface area contributed by atoms with E-state index in [-0.39, 0.29) is 30.6 Å². The Balaban J connectivity index is 0.000001000. The van der Waals surface area contributed by atoms with Crippen molar-refractivity contribution >= 4 is 24.0 Å². The van der Waals surface area contributed by atoms with Crippen LogP contribution in [0, 0.1) is 0 Å². The molecule has 1 aliphatic heterocycles. The largest absolute Gasteiger partial charge is 0.396 e. The van der Waals surface area contributed by atoms with E-state index in [2.05, 4.69) is 11.0 Å². The molecule has 1 N–H and O–H groups in total. The minimum absolute atomic E-state index is 0. The molecular weight excluding hydrogens is 253 g/mol. The van der Waals surface area contributed by atoms with Gasteiger partial charge in [0.15, 0.2) is 0 Å². The summed E-state index contributed by atoms with van der Waals surface area (Å²) in [6.07, 6.45) is 6.99. The van der Waals surface area contributed by atoms with Gasteiger partial charge in [0.05, 0.1) is 0 Å². The number of allylic oxidation sites excluding steroid dienone is 1. The van der Waals surface area contributed by atoms with Gasteiger partial charge in [-0.05, 0) is 24.3 Å². The maximum absolute atomic E-state index is 8.60. The van der Waals surface area contributed by atoms with E-state index in [0.717, 1.165) is 13.0 Å². The lowest BCUT2D eigenvalue weighted by Crippen LogP contribution is -2.13. The van der Waals surface area contributed by atoms with Gasteiger partial charge in [-0.25, -0.2) is 0 Å². The highest BCUT2D eigenvalue weighted by Crippen LogP contribution is 2.07. The van der Waals surface area contributed by atoms with Crippen LogP contribution in [0.15, 0.2) is 23.9 Å². The molecule has 1 heterocycles. The minimum Gasteiger partial charge on any atom is -0.396 e. The molecule has 2 nitrogen and oxygen atoms in total. The van der Waals surface area contributed by atoms with Gasteiger partial charge in [0.25, 0.3) is 0 Å². The molecule has 1 aliphatic rings. The number of hydrogen-bond acceptors (Lipinski definition) is 2. The van der Waals surface area contributed by atoms with Crippen LogP contribution in [-0.2, 0) is 0 Å². The van der Waals surface area contributed by atoms with Gasteiger partial charge in [-0.2, -0.15) is 0 Å². The Labute approximate surface area is 84.6 Å². The van der Waals surface area contributed by atoms with Gasteiger partial charge in [0.1, 0.15) is 0 Å². The van der Waals surface area contributed by atoms with E-state index in [9.17, 15) is 0 Å². The topological polar surface area (TPSA) is 23.5 Å². The zero-order chi connectivity index (χ0) is 7.40. The average molecular weight is 267 g/mol. The van der Waals surface area contributed by atoms with Gasteiger partial charge in [-0.15, -0.1) is 24.0 Å². The SMILES string of the molecule is CN1C=CC(CCO)=CC1.I. The van der Waals surface area contributed by atoms with Crippen molar-refractivity contribution in [1.29, 1.82) is 0 Å². The second-order valence-electron chi connectivity index (χ2n) is 2.51. The van der Waals surface area contributed by atoms with Crippen molar-refractivity contribution in [2.75, 3.05) is 20.2 Å². The molecule has 11 heavy (non-hydrogen) atoms. The molecule has 0 saturated carbocycles. The number of hydrogen-bond donors (Lipinski definition) is 1. The van der Waals surface area contributed by atoms with Gasteiger partial charge in [0.2, 0.25) is 0 Å². The number of rotatable bonds is 2. The first-order chi connectivity index (χ1) is 4.83. The van der Waals surface area contributed by atoms with Crippen LogP contribution < -0.4 is 0 Å². The summed E-state index contributed by atoms with van der Waals surface area (Å²) in [6.45, 7) is 1.21. The molecule has 1 rings (SSSR count). The molecule has 0 unspecified atom stereocenters. The number of likely N-dealkylation sites (N-methyl/N-ethyl adjacent to an activating group) is 1. The van der Waals surface area contributed by atoms with Crippen LogP contribution in [0.3, 0.4) is 0 Å². The molecule has 0 aromatic heterocycles. The van der Waals surface area contributed by atoms with Crippen molar-refractivity contribution in [2.24, 2.45) is 0 Å². The summed E-state index contributed by atoms with van der Waals surface area (Å²) >= 11 is 0. The van der Waals surface area contributed by atoms with E-state index in [0.29, 0.717) is 0 Å². The predicted molar refractivity (Wildman–Crippen MR) is 57.0 cm³/mol. The van der Waals surface area contributed by atoms with E-state index < -0.39 is 0 Å². The molecule has 0 amide bonds. The second-order valence-corrected chi connectivity index (χ2v) is 2.51. The van der Waals surface area contributed by atoms with Crippen LogP contribution in [-0.4, -0.2) is 30.2 Å². The molecule has 0 bridgehead atoms. The van der Waals surface area contributed by atoms with Crippen molar-refractivity contribution in [3.05, 3.63) is 23.9 Å². The van der Waals surface area contributed by atoms with Crippen molar-refractivity contribution in [1.82, 2.24) is 4.90 Å². The lowest BCUT2D eigenvalue weighted by Gasteiger charge is -2.16. The summed E-state index contributed by atoms with van der Waals surface area (Å²) < 4.78 is 0. The van der Waals surface area contributed by atoms with Crippen molar-refractivity contribution in [2.45, 2.75) is 6.42 Å². The quantitative estimate of drug-likeness (QED) is 0.764. The Kier molecular flexibility index (Phi) is 5.58. The van der Waals surface area contributed by atoms with E-state index in [1.54, 1.807) is 0 Å². The second kappa shape index (κ2) is 5.60. The van der Waals surface area contributed by atoms with Gasteiger partial charge in [-0.3, -0.25) is 0 Å². The standard InChI is InChI=1S/C8H13NO.HI/c1-9-5-2-8(3-6-9)4-7-10;/h2-3,5,10H,4,6-7H2,1H3;1H. The molecule has 0 aliphatic carbocycles. The van der Waals surface area contributed by atoms with Crippen molar-refractivity contribution in [3.8, 4) is 0 Å². The lowest BCUT2D eigenvalue weighted by molar-refractivity contribution is 0.299. The molecule has 0 radical (unpaired) electrons. The van der Waals surface area contributed by atoms with Crippen LogP contribution in [0.4, 0.5) is 0 Å². The molecule has 0 spiro atoms. The van der Waals surface area contributed by atoms with E-state index in [1.807, 2.05) is 19.3 Å². The molecule has 0 fully saturated rings. The first kappa shape index (κ1) is 11.0. The molecule has 0 atom stereocenters. The third-order valence-corrected chi connectivity index (χ3v) is 1.59. The van der Waals surface area contributed by atoms with Crippen LogP contribution >= 0.6 is 24.0 Å². The molecular formula is C8H14INO. The Hall–Kier alpha value is -0.0300. The summed E-state index contributed by atoms with van der Waals surface area (Å²) in [5, 5.41) is 8.60. The fraction of sp³-hybridized carbons (Fsp3) is 0.500. The summed E-state index contributed by atoms with van der Waals surface area (Å²) in [7, 11) is 2.03. The summed E-state index contributed by atoms with van der Waals surface area (Å²) in [5.74, 6) is 0. The van der Waals surface area contributed by atoms with E-state index >= 15 is 0 Å². The minimum atomic E-state index is 0. The number of aliphatic hydroxyl groups is 1. The van der Waals surface area contributed by atoms with Crippen LogP contribution in [0.5, 0.6) is 0 Å². The number of halogens is 1. The molecule has 0 aromatic carbocycles. The molecule has 3 heteroatoms. The van der Waals surface area contributed by atoms with Gasteiger partial charge in [-0.1, -0.05) is 6.08 Å². The third kappa shape index (κ3) is 3.76. The third-order valence-electron chi connectivity index (χ3n) is 1.59. The fourth-order valence-electron chi connectivity index (χ4n) is 0.928. The van der Waals surface area contributed by atoms with Crippen LogP contribution in [0.1, 0.15) is 6.42 Å². The first-order valence-corrected chi connectivity index (χ1v) is 3.51. The number of aliphatic hydroxyl groups excluding tert-OH is 1. The van der Waals surface area contributed by atoms with Gasteiger partial charge in [0, 0.05) is 20.2 Å². The summed E-state index contributed by atoms with van der Waals surface area (Å²) in [6, 6.07) is 0. The Morgan fingerprint density at radius 3 is 2.82 bits per heavy atom. The fourth-order valence-corrected chi connectivity index (χ4v) is 0.928. The van der Waals surface area contributed by atoms with Crippen LogP contribution in [0.25, 0.3) is 0 Å². The van der Waals surface area contributed by atoms with Gasteiger partial charge < -0.3 is 10.0 Å². The Morgan fingerprint density at radius 1 is 1.64 bits per heavy atom. The van der Waals surface area contributed by atoms with E-state index in [1.165, 1.54) is 5.57 Å².